The number of hydrogen-bond donors (Lipinski definition) is 2. The fourth-order valence-electron chi connectivity index (χ4n) is 1.25. The van der Waals surface area contributed by atoms with Crippen molar-refractivity contribution in [3.8, 4) is 0 Å². The Labute approximate surface area is 96.0 Å². The Kier molecular flexibility index (Phi) is 4.36. The van der Waals surface area contributed by atoms with Gasteiger partial charge >= 0.3 is 0 Å². The van der Waals surface area contributed by atoms with Crippen molar-refractivity contribution in [1.29, 1.82) is 0 Å². The van der Waals surface area contributed by atoms with Gasteiger partial charge in [0, 0.05) is 18.3 Å². The molecule has 0 aliphatic heterocycles. The zero-order chi connectivity index (χ0) is 11.3. The number of pyridine rings is 1. The number of rotatable bonds is 5. The fourth-order valence-corrected chi connectivity index (χ4v) is 1.36. The molecule has 0 radical (unpaired) electrons. The lowest BCUT2D eigenvalue weighted by Crippen LogP contribution is -2.45. The molecule has 0 bridgehead atoms. The number of nitrogens with zero attached hydrogens (tertiary/aromatic N) is 1. The summed E-state index contributed by atoms with van der Waals surface area (Å²) in [6.45, 7) is 4.93. The standard InChI is InChI=1S/C11H18ClN3/c1-3-11(13,4-2)8-15-10-6-5-9(12)7-14-10/h5-7H,3-4,8,13H2,1-2H3,(H,14,15). The van der Waals surface area contributed by atoms with Gasteiger partial charge in [-0.1, -0.05) is 25.4 Å². The summed E-state index contributed by atoms with van der Waals surface area (Å²) in [5, 5.41) is 3.86. The van der Waals surface area contributed by atoms with Crippen LogP contribution in [0.1, 0.15) is 26.7 Å². The first kappa shape index (κ1) is 12.3. The largest absolute Gasteiger partial charge is 0.368 e. The molecule has 3 N–H and O–H groups in total. The first-order chi connectivity index (χ1) is 7.09. The Morgan fingerprint density at radius 2 is 2.07 bits per heavy atom. The highest BCUT2D eigenvalue weighted by Gasteiger charge is 2.19. The van der Waals surface area contributed by atoms with E-state index < -0.39 is 0 Å². The molecule has 0 atom stereocenters. The number of nitrogens with two attached hydrogens (primary N) is 1. The average Bonchev–Trinajstić information content (AvgIpc) is 2.28. The summed E-state index contributed by atoms with van der Waals surface area (Å²) in [5.41, 5.74) is 6.01. The molecule has 1 heterocycles. The Balaban J connectivity index is 2.53. The van der Waals surface area contributed by atoms with Crippen LogP contribution in [0.25, 0.3) is 0 Å². The predicted octanol–water partition coefficient (Wildman–Crippen LogP) is 2.66. The van der Waals surface area contributed by atoms with E-state index in [4.69, 9.17) is 17.3 Å². The van der Waals surface area contributed by atoms with Crippen molar-refractivity contribution < 1.29 is 0 Å². The molecule has 3 nitrogen and oxygen atoms in total. The maximum atomic E-state index is 6.16. The minimum Gasteiger partial charge on any atom is -0.368 e. The molecule has 0 aromatic carbocycles. The topological polar surface area (TPSA) is 50.9 Å². The highest BCUT2D eigenvalue weighted by Crippen LogP contribution is 2.14. The molecule has 0 saturated carbocycles. The zero-order valence-electron chi connectivity index (χ0n) is 9.26. The summed E-state index contributed by atoms with van der Waals surface area (Å²) in [6, 6.07) is 3.67. The van der Waals surface area contributed by atoms with Gasteiger partial charge in [-0.05, 0) is 25.0 Å². The third kappa shape index (κ3) is 3.68. The molecule has 84 valence electrons. The first-order valence-electron chi connectivity index (χ1n) is 5.24. The van der Waals surface area contributed by atoms with Gasteiger partial charge in [0.25, 0.3) is 0 Å². The molecule has 0 unspecified atom stereocenters. The van der Waals surface area contributed by atoms with Gasteiger partial charge in [0.1, 0.15) is 5.82 Å². The third-order valence-electron chi connectivity index (χ3n) is 2.76. The average molecular weight is 228 g/mol. The predicted molar refractivity (Wildman–Crippen MR) is 65.2 cm³/mol. The molecule has 1 aromatic rings. The Morgan fingerprint density at radius 1 is 1.40 bits per heavy atom. The van der Waals surface area contributed by atoms with Crippen LogP contribution in [0, 0.1) is 0 Å². The van der Waals surface area contributed by atoms with Crippen LogP contribution in [0.3, 0.4) is 0 Å². The molecule has 1 aromatic heterocycles. The first-order valence-corrected chi connectivity index (χ1v) is 5.62. The lowest BCUT2D eigenvalue weighted by Gasteiger charge is -2.27. The summed E-state index contributed by atoms with van der Waals surface area (Å²) in [5.74, 6) is 0.816. The number of anilines is 1. The maximum absolute atomic E-state index is 6.16. The second-order valence-corrected chi connectivity index (χ2v) is 4.22. The van der Waals surface area contributed by atoms with Crippen molar-refractivity contribution in [1.82, 2.24) is 4.98 Å². The fraction of sp³-hybridized carbons (Fsp3) is 0.545. The van der Waals surface area contributed by atoms with Crippen molar-refractivity contribution in [2.24, 2.45) is 5.73 Å². The molecular weight excluding hydrogens is 210 g/mol. The van der Waals surface area contributed by atoms with Gasteiger partial charge in [0.2, 0.25) is 0 Å². The van der Waals surface area contributed by atoms with E-state index >= 15 is 0 Å². The molecule has 1 rings (SSSR count). The lowest BCUT2D eigenvalue weighted by atomic mass is 9.94. The molecule has 0 aliphatic carbocycles. The second kappa shape index (κ2) is 5.33. The SMILES string of the molecule is CCC(N)(CC)CNc1ccc(Cl)cn1. The van der Waals surface area contributed by atoms with Crippen molar-refractivity contribution in [3.05, 3.63) is 23.4 Å². The molecular formula is C11H18ClN3. The van der Waals surface area contributed by atoms with Gasteiger partial charge in [0.05, 0.1) is 5.02 Å². The summed E-state index contributed by atoms with van der Waals surface area (Å²) < 4.78 is 0. The molecule has 15 heavy (non-hydrogen) atoms. The quantitative estimate of drug-likeness (QED) is 0.813. The van der Waals surface area contributed by atoms with Gasteiger partial charge in [-0.15, -0.1) is 0 Å². The number of nitrogens with one attached hydrogen (secondary N) is 1. The van der Waals surface area contributed by atoms with Crippen LogP contribution in [0.2, 0.25) is 5.02 Å². The Bertz CT molecular complexity index is 293. The van der Waals surface area contributed by atoms with E-state index in [1.165, 1.54) is 0 Å². The normalized spacial score (nSPS) is 11.5. The van der Waals surface area contributed by atoms with Gasteiger partial charge < -0.3 is 11.1 Å². The Hall–Kier alpha value is -0.800. The van der Waals surface area contributed by atoms with Gasteiger partial charge in [0.15, 0.2) is 0 Å². The highest BCUT2D eigenvalue weighted by atomic mass is 35.5. The van der Waals surface area contributed by atoms with Crippen LogP contribution >= 0.6 is 11.6 Å². The van der Waals surface area contributed by atoms with Crippen molar-refractivity contribution in [3.63, 3.8) is 0 Å². The van der Waals surface area contributed by atoms with Crippen LogP contribution in [0.5, 0.6) is 0 Å². The minimum atomic E-state index is -0.151. The van der Waals surface area contributed by atoms with Crippen LogP contribution in [0.15, 0.2) is 18.3 Å². The van der Waals surface area contributed by atoms with E-state index in [2.05, 4.69) is 24.1 Å². The van der Waals surface area contributed by atoms with Crippen LogP contribution in [-0.2, 0) is 0 Å². The number of halogens is 1. The Morgan fingerprint density at radius 3 is 2.53 bits per heavy atom. The van der Waals surface area contributed by atoms with E-state index in [-0.39, 0.29) is 5.54 Å². The molecule has 0 amide bonds. The lowest BCUT2D eigenvalue weighted by molar-refractivity contribution is 0.418. The van der Waals surface area contributed by atoms with E-state index in [1.807, 2.05) is 12.1 Å². The highest BCUT2D eigenvalue weighted by molar-refractivity contribution is 6.30. The summed E-state index contributed by atoms with van der Waals surface area (Å²) in [7, 11) is 0. The van der Waals surface area contributed by atoms with Gasteiger partial charge in [-0.2, -0.15) is 0 Å². The van der Waals surface area contributed by atoms with Crippen LogP contribution in [0.4, 0.5) is 5.82 Å². The summed E-state index contributed by atoms with van der Waals surface area (Å²) in [4.78, 5) is 4.15. The van der Waals surface area contributed by atoms with Crippen LogP contribution in [-0.4, -0.2) is 17.1 Å². The van der Waals surface area contributed by atoms with Crippen molar-refractivity contribution >= 4 is 17.4 Å². The number of hydrogen-bond acceptors (Lipinski definition) is 3. The van der Waals surface area contributed by atoms with Gasteiger partial charge in [-0.3, -0.25) is 0 Å². The zero-order valence-corrected chi connectivity index (χ0v) is 10.0. The molecule has 0 aliphatic rings. The number of aromatic nitrogens is 1. The van der Waals surface area contributed by atoms with Crippen LogP contribution < -0.4 is 11.1 Å². The molecule has 4 heteroatoms. The van der Waals surface area contributed by atoms with E-state index in [0.717, 1.165) is 25.2 Å². The molecule has 0 spiro atoms. The maximum Gasteiger partial charge on any atom is 0.126 e. The third-order valence-corrected chi connectivity index (χ3v) is 2.98. The minimum absolute atomic E-state index is 0.151. The van der Waals surface area contributed by atoms with E-state index in [9.17, 15) is 0 Å². The van der Waals surface area contributed by atoms with Crippen molar-refractivity contribution in [2.75, 3.05) is 11.9 Å². The smallest absolute Gasteiger partial charge is 0.126 e. The van der Waals surface area contributed by atoms with Crippen molar-refractivity contribution in [2.45, 2.75) is 32.2 Å². The van der Waals surface area contributed by atoms with Gasteiger partial charge in [-0.25, -0.2) is 4.98 Å². The second-order valence-electron chi connectivity index (χ2n) is 3.78. The monoisotopic (exact) mass is 227 g/mol. The van der Waals surface area contributed by atoms with E-state index in [0.29, 0.717) is 5.02 Å². The summed E-state index contributed by atoms with van der Waals surface area (Å²) in [6.07, 6.45) is 3.52. The molecule has 0 saturated heterocycles. The van der Waals surface area contributed by atoms with E-state index in [1.54, 1.807) is 6.20 Å². The summed E-state index contributed by atoms with van der Waals surface area (Å²) >= 11 is 5.74. The molecule has 0 fully saturated rings.